The molecule has 1 amide bonds. The van der Waals surface area contributed by atoms with E-state index in [4.69, 9.17) is 21.7 Å². The second-order valence-corrected chi connectivity index (χ2v) is 9.70. The molecule has 1 N–H and O–H groups in total. The maximum Gasteiger partial charge on any atom is 0.243 e. The Labute approximate surface area is 182 Å². The third-order valence-electron chi connectivity index (χ3n) is 4.40. The fourth-order valence-electron chi connectivity index (χ4n) is 2.77. The molecular weight excluding hydrogens is 434 g/mol. The maximum absolute atomic E-state index is 12.9. The monoisotopic (exact) mass is 461 g/mol. The van der Waals surface area contributed by atoms with Gasteiger partial charge in [0.05, 0.1) is 36.7 Å². The molecule has 11 heteroatoms. The van der Waals surface area contributed by atoms with E-state index in [1.807, 2.05) is 18.7 Å². The first-order valence-electron chi connectivity index (χ1n) is 9.31. The summed E-state index contributed by atoms with van der Waals surface area (Å²) in [6, 6.07) is 4.44. The van der Waals surface area contributed by atoms with Crippen LogP contribution in [0.4, 0.5) is 5.69 Å². The lowest BCUT2D eigenvalue weighted by Crippen LogP contribution is -2.40. The van der Waals surface area contributed by atoms with Crippen LogP contribution in [0.25, 0.3) is 0 Å². The van der Waals surface area contributed by atoms with Gasteiger partial charge in [-0.05, 0) is 32.0 Å². The Balaban J connectivity index is 2.12. The predicted octanol–water partition coefficient (Wildman–Crippen LogP) is 2.01. The number of nitrogens with one attached hydrogen (secondary N) is 1. The van der Waals surface area contributed by atoms with Gasteiger partial charge in [0.1, 0.15) is 10.1 Å². The van der Waals surface area contributed by atoms with Crippen molar-refractivity contribution in [2.75, 3.05) is 57.6 Å². The minimum Gasteiger partial charge on any atom is -0.495 e. The van der Waals surface area contributed by atoms with Crippen LogP contribution in [-0.4, -0.2) is 80.1 Å². The second-order valence-electron chi connectivity index (χ2n) is 6.15. The number of thioether (sulfide) groups is 1. The van der Waals surface area contributed by atoms with E-state index >= 15 is 0 Å². The van der Waals surface area contributed by atoms with Crippen LogP contribution in [0.3, 0.4) is 0 Å². The molecule has 0 aliphatic carbocycles. The fourth-order valence-corrected chi connectivity index (χ4v) is 5.41. The maximum atomic E-state index is 12.9. The molecule has 0 unspecified atom stereocenters. The topological polar surface area (TPSA) is 88.2 Å². The second kappa shape index (κ2) is 11.1. The molecule has 2 rings (SSSR count). The summed E-state index contributed by atoms with van der Waals surface area (Å²) >= 11 is 6.61. The van der Waals surface area contributed by atoms with Crippen molar-refractivity contribution in [3.8, 4) is 5.75 Å². The summed E-state index contributed by atoms with van der Waals surface area (Å²) in [6.45, 7) is 6.89. The number of anilines is 1. The van der Waals surface area contributed by atoms with Gasteiger partial charge in [0, 0.05) is 26.2 Å². The first-order chi connectivity index (χ1) is 13.8. The van der Waals surface area contributed by atoms with Gasteiger partial charge in [0.15, 0.2) is 0 Å². The Morgan fingerprint density at radius 1 is 1.31 bits per heavy atom. The number of ether oxygens (including phenoxy) is 2. The Morgan fingerprint density at radius 3 is 2.55 bits per heavy atom. The van der Waals surface area contributed by atoms with E-state index in [1.54, 1.807) is 0 Å². The van der Waals surface area contributed by atoms with Gasteiger partial charge in [0.25, 0.3) is 0 Å². The van der Waals surface area contributed by atoms with E-state index in [0.717, 1.165) is 13.1 Å². The van der Waals surface area contributed by atoms with Crippen molar-refractivity contribution >= 4 is 49.9 Å². The minimum absolute atomic E-state index is 0.0989. The first-order valence-corrected chi connectivity index (χ1v) is 12.1. The average molecular weight is 462 g/mol. The molecule has 1 fully saturated rings. The van der Waals surface area contributed by atoms with Gasteiger partial charge < -0.3 is 19.7 Å². The lowest BCUT2D eigenvalue weighted by molar-refractivity contribution is -0.113. The molecule has 8 nitrogen and oxygen atoms in total. The molecule has 1 aromatic rings. The molecule has 1 aliphatic rings. The largest absolute Gasteiger partial charge is 0.495 e. The highest BCUT2D eigenvalue weighted by Gasteiger charge is 2.27. The number of hydrogen-bond donors (Lipinski definition) is 1. The lowest BCUT2D eigenvalue weighted by Gasteiger charge is -2.26. The van der Waals surface area contributed by atoms with Crippen LogP contribution in [-0.2, 0) is 19.6 Å². The summed E-state index contributed by atoms with van der Waals surface area (Å²) in [7, 11) is -2.21. The highest BCUT2D eigenvalue weighted by Crippen LogP contribution is 2.29. The average Bonchev–Trinajstić information content (AvgIpc) is 2.73. The number of amides is 1. The van der Waals surface area contributed by atoms with Crippen molar-refractivity contribution in [2.24, 2.45) is 0 Å². The minimum atomic E-state index is -3.68. The molecule has 0 spiro atoms. The number of rotatable bonds is 8. The van der Waals surface area contributed by atoms with E-state index in [1.165, 1.54) is 41.4 Å². The number of morpholine rings is 1. The number of benzene rings is 1. The van der Waals surface area contributed by atoms with Crippen molar-refractivity contribution in [3.05, 3.63) is 18.2 Å². The van der Waals surface area contributed by atoms with E-state index in [-0.39, 0.29) is 16.6 Å². The van der Waals surface area contributed by atoms with Gasteiger partial charge >= 0.3 is 0 Å². The number of sulfonamides is 1. The summed E-state index contributed by atoms with van der Waals surface area (Å²) in [5, 5.41) is 2.74. The van der Waals surface area contributed by atoms with Gasteiger partial charge in [-0.2, -0.15) is 4.31 Å². The van der Waals surface area contributed by atoms with Crippen LogP contribution in [0.1, 0.15) is 13.8 Å². The number of nitrogens with zero attached hydrogens (tertiary/aromatic N) is 2. The van der Waals surface area contributed by atoms with Crippen LogP contribution < -0.4 is 10.1 Å². The fraction of sp³-hybridized carbons (Fsp3) is 0.556. The van der Waals surface area contributed by atoms with Gasteiger partial charge in [-0.1, -0.05) is 24.0 Å². The van der Waals surface area contributed by atoms with Crippen LogP contribution in [0.5, 0.6) is 5.75 Å². The number of carbonyl (C=O) groups excluding carboxylic acids is 1. The van der Waals surface area contributed by atoms with Crippen molar-refractivity contribution in [1.82, 2.24) is 9.21 Å². The molecule has 0 saturated carbocycles. The molecule has 0 radical (unpaired) electrons. The SMILES string of the molecule is CCN(CC)C(=S)SCC(=O)Nc1cc(S(=O)(=O)N2CCOCC2)ccc1OC. The van der Waals surface area contributed by atoms with Gasteiger partial charge in [-0.3, -0.25) is 4.79 Å². The van der Waals surface area contributed by atoms with E-state index in [2.05, 4.69) is 5.32 Å². The molecule has 162 valence electrons. The zero-order valence-electron chi connectivity index (χ0n) is 16.8. The van der Waals surface area contributed by atoms with E-state index < -0.39 is 10.0 Å². The molecule has 29 heavy (non-hydrogen) atoms. The smallest absolute Gasteiger partial charge is 0.243 e. The number of hydrogen-bond acceptors (Lipinski definition) is 7. The van der Waals surface area contributed by atoms with Crippen molar-refractivity contribution in [2.45, 2.75) is 18.7 Å². The quantitative estimate of drug-likeness (QED) is 0.589. The molecule has 0 atom stereocenters. The highest BCUT2D eigenvalue weighted by atomic mass is 32.2. The Hall–Kier alpha value is -1.40. The molecule has 0 aromatic heterocycles. The molecule has 1 aliphatic heterocycles. The van der Waals surface area contributed by atoms with Crippen molar-refractivity contribution in [1.29, 1.82) is 0 Å². The highest BCUT2D eigenvalue weighted by molar-refractivity contribution is 8.23. The normalized spacial score (nSPS) is 15.0. The zero-order valence-corrected chi connectivity index (χ0v) is 19.3. The summed E-state index contributed by atoms with van der Waals surface area (Å²) in [5.74, 6) is 0.221. The standard InChI is InChI=1S/C18H27N3O5S3/c1-4-20(5-2)18(27)28-13-17(22)19-15-12-14(6-7-16(15)25-3)29(23,24)21-8-10-26-11-9-21/h6-7,12H,4-5,8-11,13H2,1-3H3,(H,19,22). The third-order valence-corrected chi connectivity index (χ3v) is 7.82. The Kier molecular flexibility index (Phi) is 9.15. The summed E-state index contributed by atoms with van der Waals surface area (Å²) in [5.41, 5.74) is 0.307. The Morgan fingerprint density at radius 2 is 1.97 bits per heavy atom. The summed E-state index contributed by atoms with van der Waals surface area (Å²) in [4.78, 5) is 14.5. The van der Waals surface area contributed by atoms with Crippen molar-refractivity contribution in [3.63, 3.8) is 0 Å². The van der Waals surface area contributed by atoms with E-state index in [9.17, 15) is 13.2 Å². The number of thiocarbonyl (C=S) groups is 1. The number of methoxy groups -OCH3 is 1. The zero-order chi connectivity index (χ0) is 21.4. The third kappa shape index (κ3) is 6.29. The Bertz CT molecular complexity index is 822. The molecule has 1 heterocycles. The van der Waals surface area contributed by atoms with Crippen LogP contribution >= 0.6 is 24.0 Å². The lowest BCUT2D eigenvalue weighted by atomic mass is 10.3. The van der Waals surface area contributed by atoms with E-state index in [0.29, 0.717) is 42.1 Å². The molecular formula is C18H27N3O5S3. The van der Waals surface area contributed by atoms with Crippen LogP contribution in [0.15, 0.2) is 23.1 Å². The van der Waals surface area contributed by atoms with Crippen LogP contribution in [0, 0.1) is 0 Å². The molecule has 0 bridgehead atoms. The van der Waals surface area contributed by atoms with Crippen LogP contribution in [0.2, 0.25) is 0 Å². The van der Waals surface area contributed by atoms with Gasteiger partial charge in [0.2, 0.25) is 15.9 Å². The summed E-state index contributed by atoms with van der Waals surface area (Å²) < 4.78 is 38.3. The molecule has 1 aromatic carbocycles. The molecule has 1 saturated heterocycles. The summed E-state index contributed by atoms with van der Waals surface area (Å²) in [6.07, 6.45) is 0. The van der Waals surface area contributed by atoms with Crippen molar-refractivity contribution < 1.29 is 22.7 Å². The van der Waals surface area contributed by atoms with Gasteiger partial charge in [-0.15, -0.1) is 0 Å². The predicted molar refractivity (Wildman–Crippen MR) is 119 cm³/mol. The van der Waals surface area contributed by atoms with Gasteiger partial charge in [-0.25, -0.2) is 8.42 Å². The number of carbonyl (C=O) groups is 1. The first kappa shape index (κ1) is 23.9.